The van der Waals surface area contributed by atoms with E-state index in [1.807, 2.05) is 104 Å². The van der Waals surface area contributed by atoms with Gasteiger partial charge in [0, 0.05) is 207 Å². The lowest BCUT2D eigenvalue weighted by Crippen LogP contribution is -2.43. The van der Waals surface area contributed by atoms with Crippen LogP contribution in [0.2, 0.25) is 5.02 Å². The van der Waals surface area contributed by atoms with E-state index in [-0.39, 0.29) is 67.8 Å². The normalized spacial score (nSPS) is 13.9. The highest BCUT2D eigenvalue weighted by molar-refractivity contribution is 9.11. The quantitative estimate of drug-likeness (QED) is 0.0236. The molecule has 6 aromatic heterocycles. The van der Waals surface area contributed by atoms with Crippen LogP contribution in [0.5, 0.6) is 11.5 Å². The number of oxazole rings is 1. The molecule has 4 fully saturated rings. The first-order chi connectivity index (χ1) is 71.1. The Labute approximate surface area is 879 Å². The fourth-order valence-electron chi connectivity index (χ4n) is 17.3. The number of morpholine rings is 3. The van der Waals surface area contributed by atoms with E-state index in [9.17, 15) is 69.8 Å². The summed E-state index contributed by atoms with van der Waals surface area (Å²) in [4.78, 5) is 107. The van der Waals surface area contributed by atoms with E-state index in [4.69, 9.17) is 36.0 Å². The molecule has 0 spiro atoms. The van der Waals surface area contributed by atoms with Crippen LogP contribution in [0.25, 0.3) is 66.0 Å². The molecule has 147 heavy (non-hydrogen) atoms. The van der Waals surface area contributed by atoms with E-state index in [0.717, 1.165) is 172 Å². The number of nitrogens with one attached hydrogen (secondary N) is 7. The summed E-state index contributed by atoms with van der Waals surface area (Å²) in [7, 11) is 0. The number of hydrogen-bond acceptors (Lipinski definition) is 30. The van der Waals surface area contributed by atoms with E-state index >= 15 is 0 Å². The third-order valence-electron chi connectivity index (χ3n) is 24.3. The summed E-state index contributed by atoms with van der Waals surface area (Å²) in [5.74, 6) is -6.44. The van der Waals surface area contributed by atoms with E-state index in [2.05, 4.69) is 150 Å². The monoisotopic (exact) mass is 2260 g/mol. The molecule has 16 N–H and O–H groups in total. The number of aromatic nitrogens is 6. The molecule has 4 aliphatic heterocycles. The Morgan fingerprint density at radius 2 is 0.728 bits per heavy atom. The van der Waals surface area contributed by atoms with Gasteiger partial charge in [0.2, 0.25) is 11.8 Å². The fraction of sp³-hybridized carbons (Fsp3) is 0.198. The zero-order valence-corrected chi connectivity index (χ0v) is 85.7. The Hall–Kier alpha value is -14.9. The van der Waals surface area contributed by atoms with Gasteiger partial charge in [-0.1, -0.05) is 106 Å². The third kappa shape index (κ3) is 25.9. The number of piperazine rings is 1. The number of carbonyl (C=O) groups is 6. The summed E-state index contributed by atoms with van der Waals surface area (Å²) in [5.41, 5.74) is 19.8. The molecular formula is C106H96Br4ClN19O17. The lowest BCUT2D eigenvalue weighted by atomic mass is 10.0. The van der Waals surface area contributed by atoms with Crippen molar-refractivity contribution in [1.29, 1.82) is 5.26 Å². The predicted molar refractivity (Wildman–Crippen MR) is 577 cm³/mol. The van der Waals surface area contributed by atoms with Gasteiger partial charge in [-0.15, -0.1) is 0 Å². The van der Waals surface area contributed by atoms with Gasteiger partial charge in [0.25, 0.3) is 0 Å². The van der Waals surface area contributed by atoms with Crippen molar-refractivity contribution >= 4 is 234 Å². The second kappa shape index (κ2) is 48.8. The van der Waals surface area contributed by atoms with Gasteiger partial charge in [-0.3, -0.25) is 49.3 Å². The van der Waals surface area contributed by atoms with E-state index in [1.165, 1.54) is 37.6 Å². The molecule has 0 saturated carbocycles. The summed E-state index contributed by atoms with van der Waals surface area (Å²) >= 11 is 20.2. The number of benzene rings is 10. The average Bonchev–Trinajstić information content (AvgIpc) is 1.66. The summed E-state index contributed by atoms with van der Waals surface area (Å²) in [6, 6.07) is 54.3. The molecule has 36 nitrogen and oxygen atoms in total. The lowest BCUT2D eigenvalue weighted by Gasteiger charge is -2.28. The van der Waals surface area contributed by atoms with Gasteiger partial charge >= 0.3 is 29.8 Å². The van der Waals surface area contributed by atoms with Gasteiger partial charge < -0.3 is 97.3 Å². The van der Waals surface area contributed by atoms with Crippen LogP contribution < -0.4 is 43.0 Å². The van der Waals surface area contributed by atoms with Gasteiger partial charge in [0.15, 0.2) is 0 Å². The zero-order chi connectivity index (χ0) is 103. The number of anilines is 12. The molecule has 0 atom stereocenters. The van der Waals surface area contributed by atoms with Gasteiger partial charge in [-0.2, -0.15) is 5.26 Å². The largest absolute Gasteiger partial charge is 0.507 e. The topological polar surface area (TPSA) is 509 Å². The molecule has 4 aliphatic rings. The number of aromatic hydroxyl groups is 2. The first-order valence-corrected chi connectivity index (χ1v) is 49.7. The van der Waals surface area contributed by atoms with Crippen LogP contribution in [0.4, 0.5) is 68.2 Å². The minimum atomic E-state index is -1.26. The number of nitrogen functional groups attached to an aromatic ring is 1. The van der Waals surface area contributed by atoms with Crippen LogP contribution in [-0.4, -0.2) is 226 Å². The predicted octanol–water partition coefficient (Wildman–Crippen LogP) is 20.5. The molecule has 16 aromatic rings. The van der Waals surface area contributed by atoms with Crippen LogP contribution >= 0.6 is 75.3 Å². The highest BCUT2D eigenvalue weighted by Crippen LogP contribution is 2.44. The number of carbonyl (C=O) groups excluding carboxylic acids is 1. The van der Waals surface area contributed by atoms with Crippen molar-refractivity contribution in [3.05, 3.63) is 304 Å². The molecule has 0 unspecified atom stereocenters. The van der Waals surface area contributed by atoms with Crippen molar-refractivity contribution < 1.29 is 83.1 Å². The number of amides is 1. The number of phenols is 2. The number of carboxylic acids is 5. The molecule has 0 aliphatic carbocycles. The van der Waals surface area contributed by atoms with Gasteiger partial charge in [0.05, 0.1) is 147 Å². The Bertz CT molecular complexity index is 7530. The summed E-state index contributed by atoms with van der Waals surface area (Å²) in [6.45, 7) is 16.8. The van der Waals surface area contributed by atoms with Crippen molar-refractivity contribution in [2.24, 2.45) is 0 Å². The van der Waals surface area contributed by atoms with Gasteiger partial charge in [-0.25, -0.2) is 29.0 Å². The zero-order valence-electron chi connectivity index (χ0n) is 78.6. The highest BCUT2D eigenvalue weighted by Gasteiger charge is 2.29. The van der Waals surface area contributed by atoms with Gasteiger partial charge in [-0.05, 0) is 152 Å². The van der Waals surface area contributed by atoms with Crippen molar-refractivity contribution in [2.75, 3.05) is 143 Å². The maximum absolute atomic E-state index is 12.1. The molecular weight excluding hydrogens is 2170 g/mol. The van der Waals surface area contributed by atoms with Crippen LogP contribution in [-0.2, 0) is 45.2 Å². The number of nitrogens with two attached hydrogens (primary N) is 1. The number of rotatable bonds is 25. The first kappa shape index (κ1) is 105. The first-order valence-electron chi connectivity index (χ1n) is 46.2. The van der Waals surface area contributed by atoms with E-state index in [0.29, 0.717) is 122 Å². The van der Waals surface area contributed by atoms with E-state index < -0.39 is 29.8 Å². The summed E-state index contributed by atoms with van der Waals surface area (Å²) in [6.07, 6.45) is 11.8. The Morgan fingerprint density at radius 3 is 1.10 bits per heavy atom. The molecule has 4 saturated heterocycles. The fourth-order valence-corrected chi connectivity index (χ4v) is 18.9. The summed E-state index contributed by atoms with van der Waals surface area (Å²) in [5, 5.41) is 105. The number of nitrogens with zero attached hydrogens (tertiary/aromatic N) is 11. The van der Waals surface area contributed by atoms with Gasteiger partial charge in [0.1, 0.15) is 51.6 Å². The number of nitriles is 1. The number of halogens is 5. The molecule has 0 bridgehead atoms. The molecule has 20 rings (SSSR count). The number of ether oxygens (including phenoxy) is 3. The lowest BCUT2D eigenvalue weighted by molar-refractivity contribution is -0.114. The maximum Gasteiger partial charge on any atom is 0.341 e. The summed E-state index contributed by atoms with van der Waals surface area (Å²) < 4.78 is 25.3. The standard InChI is InChI=1S/C23H23BrN4O4.C22H19BrN4O3.2C21H21BrN4O3.C19H12ClN3O4/c1-14(29)26-19-3-2-4-20(21(19)23(30)31)27-22-15(13-28-7-9-32-10-8-28)12-25-18-6-5-16(24)11-17(18)22;23-16-4-5-18-17(10-16)21(15(12-25-18)13-27-6-8-30-9-7-27)26-19-3-1-2-14(11-24)20(19)22(28)29;22-14-4-5-16-15(10-14)20(13(11-24-16)12-26-8-6-23-7-9-26)25-17-2-1-3-18(27)19(17)21(28)29;22-14-4-5-17-15(10-14)20(13(11-24-17)12-26-6-8-29-9-7-26)25-18-3-1-2-16(23)19(18)21(27)28;20-10-4-5-13-11(8-10)17(12(9-22-13)18-21-6-7-27-18)23-14-2-1-3-15(24)16(14)19(25)26/h2-6,11-12H,7-10,13H2,1H3,(H,25,27)(H,26,29)(H,30,31);1-5,10,12H,6-9,13H2,(H,25,26)(H,28,29);1-5,10-11,23,27H,6-9,12H2,(H,24,25)(H,28,29);1-5,10-11H,6-9,12,23H2,(H,24,25)(H,27,28);1-9,24H,(H,22,23)(H,25,26). The van der Waals surface area contributed by atoms with Crippen LogP contribution in [0.15, 0.2) is 248 Å². The number of aromatic carboxylic acids is 5. The Morgan fingerprint density at radius 1 is 0.401 bits per heavy atom. The molecule has 10 heterocycles. The maximum atomic E-state index is 12.1. The van der Waals surface area contributed by atoms with Crippen molar-refractivity contribution in [3.8, 4) is 29.0 Å². The van der Waals surface area contributed by atoms with Crippen LogP contribution in [0, 0.1) is 11.3 Å². The number of hydrogen-bond donors (Lipinski definition) is 15. The number of fused-ring (bicyclic) bond motifs is 5. The number of pyridine rings is 5. The van der Waals surface area contributed by atoms with Crippen molar-refractivity contribution in [2.45, 2.75) is 33.1 Å². The third-order valence-corrected chi connectivity index (χ3v) is 26.5. The molecule has 10 aromatic carbocycles. The molecule has 0 radical (unpaired) electrons. The van der Waals surface area contributed by atoms with E-state index in [1.54, 1.807) is 97.2 Å². The Balaban J connectivity index is 0.000000131. The van der Waals surface area contributed by atoms with Crippen molar-refractivity contribution in [1.82, 2.24) is 54.8 Å². The highest BCUT2D eigenvalue weighted by atomic mass is 79.9. The SMILES string of the molecule is CC(=O)Nc1cccc(Nc2c(CN3CCOCC3)cnc3ccc(Br)cc23)c1C(=O)O.N#Cc1cccc(Nc2c(CN3CCOCC3)cnc3ccc(Br)cc23)c1C(=O)O.Nc1cccc(Nc2c(CN3CCOCC3)cnc3ccc(Br)cc23)c1C(=O)O.O=C(O)c1c(O)cccc1Nc1c(-c2ncco2)cnc2ccc(Cl)cc12.O=C(O)c1c(O)cccc1Nc1c(CN2CCNCC2)cnc2ccc(Br)cc12. The van der Waals surface area contributed by atoms with Crippen molar-refractivity contribution in [3.63, 3.8) is 0 Å². The minimum absolute atomic E-state index is 0.0000171. The molecule has 1 amide bonds. The second-order valence-electron chi connectivity index (χ2n) is 34.1. The minimum Gasteiger partial charge on any atom is -0.507 e. The van der Waals surface area contributed by atoms with Crippen LogP contribution in [0.3, 0.4) is 0 Å². The smallest absolute Gasteiger partial charge is 0.341 e. The van der Waals surface area contributed by atoms with Crippen LogP contribution in [0.1, 0.15) is 86.5 Å². The second-order valence-corrected chi connectivity index (χ2v) is 38.2. The Kier molecular flexibility index (Phi) is 34.8. The molecule has 41 heteroatoms. The number of carboxylic acid groups (broad SMARTS) is 5. The molecule has 752 valence electrons. The average molecular weight is 2260 g/mol.